The molecular formula is C16H17ClO2. The number of aromatic hydroxyl groups is 1. The monoisotopic (exact) mass is 276 g/mol. The summed E-state index contributed by atoms with van der Waals surface area (Å²) in [6.45, 7) is 4.34. The maximum Gasteiger partial charge on any atom is 0.169 e. The lowest BCUT2D eigenvalue weighted by Crippen LogP contribution is -1.92. The highest BCUT2D eigenvalue weighted by atomic mass is 35.5. The van der Waals surface area contributed by atoms with E-state index in [1.54, 1.807) is 12.1 Å². The van der Waals surface area contributed by atoms with Crippen LogP contribution in [0.25, 0.3) is 0 Å². The number of hydrogen-bond acceptors (Lipinski definition) is 2. The van der Waals surface area contributed by atoms with E-state index in [0.717, 1.165) is 12.2 Å². The van der Waals surface area contributed by atoms with Crippen molar-refractivity contribution in [3.05, 3.63) is 53.1 Å². The smallest absolute Gasteiger partial charge is 0.169 e. The van der Waals surface area contributed by atoms with E-state index < -0.39 is 0 Å². The Hall–Kier alpha value is -1.67. The average Bonchev–Trinajstić information content (AvgIpc) is 2.41. The molecule has 2 aromatic carbocycles. The van der Waals surface area contributed by atoms with Gasteiger partial charge in [0.2, 0.25) is 0 Å². The largest absolute Gasteiger partial charge is 0.504 e. The fourth-order valence-electron chi connectivity index (χ4n) is 1.82. The molecule has 0 aliphatic rings. The summed E-state index contributed by atoms with van der Waals surface area (Å²) in [5.41, 5.74) is 1.23. The molecule has 0 bridgehead atoms. The van der Waals surface area contributed by atoms with Gasteiger partial charge in [0.05, 0.1) is 0 Å². The van der Waals surface area contributed by atoms with Crippen LogP contribution in [-0.2, 0) is 0 Å². The molecule has 1 N–H and O–H groups in total. The van der Waals surface area contributed by atoms with Gasteiger partial charge in [-0.1, -0.05) is 37.6 Å². The third-order valence-electron chi connectivity index (χ3n) is 3.19. The van der Waals surface area contributed by atoms with Crippen molar-refractivity contribution >= 4 is 11.6 Å². The van der Waals surface area contributed by atoms with E-state index in [-0.39, 0.29) is 5.75 Å². The second-order valence-electron chi connectivity index (χ2n) is 4.60. The van der Waals surface area contributed by atoms with E-state index in [4.69, 9.17) is 16.3 Å². The Morgan fingerprint density at radius 3 is 2.68 bits per heavy atom. The molecule has 1 unspecified atom stereocenters. The van der Waals surface area contributed by atoms with Crippen molar-refractivity contribution in [2.75, 3.05) is 0 Å². The summed E-state index contributed by atoms with van der Waals surface area (Å²) in [7, 11) is 0. The highest BCUT2D eigenvalue weighted by Gasteiger charge is 2.07. The fraction of sp³-hybridized carbons (Fsp3) is 0.250. The second-order valence-corrected chi connectivity index (χ2v) is 5.03. The molecule has 0 aliphatic carbocycles. The predicted octanol–water partition coefficient (Wildman–Crippen LogP) is 5.35. The molecule has 2 aromatic rings. The summed E-state index contributed by atoms with van der Waals surface area (Å²) in [6.07, 6.45) is 1.08. The molecule has 3 heteroatoms. The van der Waals surface area contributed by atoms with Crippen LogP contribution >= 0.6 is 11.6 Å². The lowest BCUT2D eigenvalue weighted by Gasteiger charge is -2.12. The van der Waals surface area contributed by atoms with Gasteiger partial charge in [-0.05, 0) is 42.2 Å². The van der Waals surface area contributed by atoms with Crippen LogP contribution < -0.4 is 4.74 Å². The number of ether oxygens (including phenoxy) is 1. The number of benzene rings is 2. The number of rotatable bonds is 4. The fourth-order valence-corrected chi connectivity index (χ4v) is 1.99. The molecule has 0 aromatic heterocycles. The second kappa shape index (κ2) is 5.98. The van der Waals surface area contributed by atoms with Crippen LogP contribution in [-0.4, -0.2) is 5.11 Å². The van der Waals surface area contributed by atoms with Crippen molar-refractivity contribution in [2.24, 2.45) is 0 Å². The Labute approximate surface area is 118 Å². The summed E-state index contributed by atoms with van der Waals surface area (Å²) in [4.78, 5) is 0. The Bertz CT molecular complexity index is 566. The summed E-state index contributed by atoms with van der Waals surface area (Å²) in [5, 5.41) is 10.3. The van der Waals surface area contributed by atoms with Crippen molar-refractivity contribution in [3.63, 3.8) is 0 Å². The minimum absolute atomic E-state index is 0.0430. The molecule has 0 saturated carbocycles. The molecule has 1 atom stereocenters. The first kappa shape index (κ1) is 13.8. The summed E-state index contributed by atoms with van der Waals surface area (Å²) >= 11 is 5.79. The van der Waals surface area contributed by atoms with Gasteiger partial charge in [0.15, 0.2) is 11.5 Å². The maximum atomic E-state index is 9.77. The van der Waals surface area contributed by atoms with E-state index in [1.165, 1.54) is 11.6 Å². The van der Waals surface area contributed by atoms with Gasteiger partial charge in [-0.3, -0.25) is 0 Å². The van der Waals surface area contributed by atoms with Crippen LogP contribution in [0.15, 0.2) is 42.5 Å². The SMILES string of the molecule is CCC(C)c1cccc(Oc2ccc(Cl)cc2O)c1. The standard InChI is InChI=1S/C16H17ClO2/c1-3-11(2)12-5-4-6-14(9-12)19-16-8-7-13(17)10-15(16)18/h4-11,18H,3H2,1-2H3. The van der Waals surface area contributed by atoms with Crippen LogP contribution in [0.1, 0.15) is 31.7 Å². The van der Waals surface area contributed by atoms with E-state index in [0.29, 0.717) is 16.7 Å². The van der Waals surface area contributed by atoms with E-state index in [1.807, 2.05) is 18.2 Å². The van der Waals surface area contributed by atoms with Gasteiger partial charge < -0.3 is 9.84 Å². The molecule has 0 aliphatic heterocycles. The predicted molar refractivity (Wildman–Crippen MR) is 78.3 cm³/mol. The molecule has 0 amide bonds. The third kappa shape index (κ3) is 3.42. The van der Waals surface area contributed by atoms with Gasteiger partial charge in [-0.15, -0.1) is 0 Å². The molecule has 0 radical (unpaired) electrons. The van der Waals surface area contributed by atoms with Crippen LogP contribution in [0.3, 0.4) is 0 Å². The zero-order valence-corrected chi connectivity index (χ0v) is 11.8. The Balaban J connectivity index is 2.23. The molecule has 0 heterocycles. The Kier molecular flexibility index (Phi) is 4.33. The number of phenolic OH excluding ortho intramolecular Hbond substituents is 1. The van der Waals surface area contributed by atoms with E-state index in [2.05, 4.69) is 19.9 Å². The molecule has 0 saturated heterocycles. The lowest BCUT2D eigenvalue weighted by molar-refractivity contribution is 0.411. The number of halogens is 1. The zero-order valence-electron chi connectivity index (χ0n) is 11.1. The van der Waals surface area contributed by atoms with Crippen molar-refractivity contribution in [3.8, 4) is 17.2 Å². The average molecular weight is 277 g/mol. The first-order valence-electron chi connectivity index (χ1n) is 6.36. The third-order valence-corrected chi connectivity index (χ3v) is 3.42. The summed E-state index contributed by atoms with van der Waals surface area (Å²) < 4.78 is 5.69. The van der Waals surface area contributed by atoms with Crippen molar-refractivity contribution in [2.45, 2.75) is 26.2 Å². The first-order chi connectivity index (χ1) is 9.10. The first-order valence-corrected chi connectivity index (χ1v) is 6.74. The van der Waals surface area contributed by atoms with Crippen LogP contribution in [0.4, 0.5) is 0 Å². The van der Waals surface area contributed by atoms with Gasteiger partial charge in [0, 0.05) is 11.1 Å². The minimum Gasteiger partial charge on any atom is -0.504 e. The number of phenols is 1. The summed E-state index contributed by atoms with van der Waals surface area (Å²) in [5.74, 6) is 1.66. The molecule has 0 fully saturated rings. The highest BCUT2D eigenvalue weighted by Crippen LogP contribution is 2.33. The highest BCUT2D eigenvalue weighted by molar-refractivity contribution is 6.30. The van der Waals surface area contributed by atoms with Gasteiger partial charge in [0.1, 0.15) is 5.75 Å². The summed E-state index contributed by atoms with van der Waals surface area (Å²) in [6, 6.07) is 12.7. The zero-order chi connectivity index (χ0) is 13.8. The lowest BCUT2D eigenvalue weighted by atomic mass is 9.99. The van der Waals surface area contributed by atoms with Gasteiger partial charge in [-0.25, -0.2) is 0 Å². The Morgan fingerprint density at radius 2 is 2.00 bits per heavy atom. The van der Waals surface area contributed by atoms with Gasteiger partial charge >= 0.3 is 0 Å². The normalized spacial score (nSPS) is 12.2. The Morgan fingerprint density at radius 1 is 1.21 bits per heavy atom. The molecule has 0 spiro atoms. The van der Waals surface area contributed by atoms with Crippen molar-refractivity contribution < 1.29 is 9.84 Å². The van der Waals surface area contributed by atoms with Crippen molar-refractivity contribution in [1.29, 1.82) is 0 Å². The van der Waals surface area contributed by atoms with E-state index >= 15 is 0 Å². The number of hydrogen-bond donors (Lipinski definition) is 1. The molecule has 100 valence electrons. The van der Waals surface area contributed by atoms with E-state index in [9.17, 15) is 5.11 Å². The maximum absolute atomic E-state index is 9.77. The van der Waals surface area contributed by atoms with Crippen LogP contribution in [0.2, 0.25) is 5.02 Å². The molecule has 19 heavy (non-hydrogen) atoms. The quantitative estimate of drug-likeness (QED) is 0.815. The topological polar surface area (TPSA) is 29.5 Å². The molecular weight excluding hydrogens is 260 g/mol. The van der Waals surface area contributed by atoms with Gasteiger partial charge in [-0.2, -0.15) is 0 Å². The minimum atomic E-state index is 0.0430. The van der Waals surface area contributed by atoms with Crippen molar-refractivity contribution in [1.82, 2.24) is 0 Å². The molecule has 2 rings (SSSR count). The van der Waals surface area contributed by atoms with Crippen LogP contribution in [0, 0.1) is 0 Å². The molecule has 2 nitrogen and oxygen atoms in total. The van der Waals surface area contributed by atoms with Crippen LogP contribution in [0.5, 0.6) is 17.2 Å². The van der Waals surface area contributed by atoms with Gasteiger partial charge in [0.25, 0.3) is 0 Å².